The van der Waals surface area contributed by atoms with Crippen LogP contribution in [-0.4, -0.2) is 12.3 Å². The fourth-order valence-electron chi connectivity index (χ4n) is 1.04. The molecule has 1 aromatic rings. The van der Waals surface area contributed by atoms with Gasteiger partial charge in [0.15, 0.2) is 5.78 Å². The number of rotatable bonds is 3. The van der Waals surface area contributed by atoms with Crippen LogP contribution in [0, 0.1) is 0 Å². The lowest BCUT2D eigenvalue weighted by molar-refractivity contribution is 0.100. The van der Waals surface area contributed by atoms with Crippen LogP contribution in [0.15, 0.2) is 24.3 Å². The Morgan fingerprint density at radius 1 is 1.33 bits per heavy atom. The number of benzene rings is 1. The van der Waals surface area contributed by atoms with Gasteiger partial charge in [-0.25, -0.2) is 0 Å². The highest BCUT2D eigenvalue weighted by atomic mass is 16.1. The van der Waals surface area contributed by atoms with Crippen LogP contribution < -0.4 is 5.73 Å². The Labute approximate surface area is 72.4 Å². The van der Waals surface area contributed by atoms with E-state index in [1.54, 1.807) is 0 Å². The molecule has 0 amide bonds. The zero-order chi connectivity index (χ0) is 8.97. The topological polar surface area (TPSA) is 43.1 Å². The van der Waals surface area contributed by atoms with Gasteiger partial charge in [-0.15, -0.1) is 0 Å². The van der Waals surface area contributed by atoms with Gasteiger partial charge < -0.3 is 5.73 Å². The summed E-state index contributed by atoms with van der Waals surface area (Å²) in [6.07, 6.45) is 0.997. The smallest absolute Gasteiger partial charge is 0.176 e. The third-order valence-electron chi connectivity index (χ3n) is 1.87. The van der Waals surface area contributed by atoms with Crippen molar-refractivity contribution in [2.45, 2.75) is 13.3 Å². The first-order valence-corrected chi connectivity index (χ1v) is 4.10. The van der Waals surface area contributed by atoms with Crippen LogP contribution >= 0.6 is 0 Å². The van der Waals surface area contributed by atoms with Gasteiger partial charge >= 0.3 is 0 Å². The van der Waals surface area contributed by atoms with Gasteiger partial charge in [-0.3, -0.25) is 4.79 Å². The highest BCUT2D eigenvalue weighted by molar-refractivity contribution is 5.97. The van der Waals surface area contributed by atoms with Crippen molar-refractivity contribution in [3.05, 3.63) is 35.4 Å². The van der Waals surface area contributed by atoms with Gasteiger partial charge in [0.25, 0.3) is 0 Å². The summed E-state index contributed by atoms with van der Waals surface area (Å²) >= 11 is 0. The molecular weight excluding hydrogens is 150 g/mol. The second-order valence-electron chi connectivity index (χ2n) is 2.68. The predicted molar refractivity (Wildman–Crippen MR) is 49.2 cm³/mol. The number of nitrogens with two attached hydrogens (primary N) is 1. The Hall–Kier alpha value is -1.15. The maximum atomic E-state index is 11.1. The van der Waals surface area contributed by atoms with E-state index in [2.05, 4.69) is 6.92 Å². The van der Waals surface area contributed by atoms with Crippen LogP contribution in [0.5, 0.6) is 0 Å². The first kappa shape index (κ1) is 8.94. The van der Waals surface area contributed by atoms with E-state index >= 15 is 0 Å². The molecule has 12 heavy (non-hydrogen) atoms. The van der Waals surface area contributed by atoms with Gasteiger partial charge in [0, 0.05) is 5.56 Å². The average Bonchev–Trinajstić information content (AvgIpc) is 2.17. The molecule has 0 aliphatic heterocycles. The molecule has 0 aliphatic rings. The molecule has 0 atom stereocenters. The molecular formula is C10H13NO. The third kappa shape index (κ3) is 1.92. The minimum absolute atomic E-state index is 0.00217. The summed E-state index contributed by atoms with van der Waals surface area (Å²) in [5.41, 5.74) is 7.17. The minimum Gasteiger partial charge on any atom is -0.324 e. The Balaban J connectivity index is 2.84. The van der Waals surface area contributed by atoms with E-state index in [1.807, 2.05) is 24.3 Å². The van der Waals surface area contributed by atoms with Gasteiger partial charge in [-0.1, -0.05) is 31.2 Å². The maximum absolute atomic E-state index is 11.1. The number of ketones is 1. The first-order chi connectivity index (χ1) is 5.77. The number of hydrogen-bond acceptors (Lipinski definition) is 2. The van der Waals surface area contributed by atoms with Crippen molar-refractivity contribution in [1.29, 1.82) is 0 Å². The zero-order valence-electron chi connectivity index (χ0n) is 7.21. The van der Waals surface area contributed by atoms with Gasteiger partial charge in [-0.2, -0.15) is 0 Å². The van der Waals surface area contributed by atoms with Crippen LogP contribution in [-0.2, 0) is 6.42 Å². The molecule has 0 radical (unpaired) electrons. The highest BCUT2D eigenvalue weighted by Crippen LogP contribution is 2.04. The molecule has 0 saturated carbocycles. The van der Waals surface area contributed by atoms with Crippen molar-refractivity contribution in [2.75, 3.05) is 6.54 Å². The van der Waals surface area contributed by atoms with E-state index in [1.165, 1.54) is 5.56 Å². The molecule has 2 N–H and O–H groups in total. The Kier molecular flexibility index (Phi) is 3.00. The minimum atomic E-state index is -0.00217. The molecule has 1 rings (SSSR count). The summed E-state index contributed by atoms with van der Waals surface area (Å²) in [4.78, 5) is 11.1. The molecule has 2 heteroatoms. The first-order valence-electron chi connectivity index (χ1n) is 4.10. The van der Waals surface area contributed by atoms with Crippen molar-refractivity contribution in [3.63, 3.8) is 0 Å². The van der Waals surface area contributed by atoms with Crippen molar-refractivity contribution < 1.29 is 4.79 Å². The Morgan fingerprint density at radius 3 is 2.33 bits per heavy atom. The lowest BCUT2D eigenvalue weighted by Crippen LogP contribution is -2.13. The number of carbonyl (C=O) groups is 1. The summed E-state index contributed by atoms with van der Waals surface area (Å²) < 4.78 is 0. The van der Waals surface area contributed by atoms with Crippen LogP contribution in [0.3, 0.4) is 0 Å². The van der Waals surface area contributed by atoms with E-state index < -0.39 is 0 Å². The summed E-state index contributed by atoms with van der Waals surface area (Å²) in [5.74, 6) is -0.00217. The van der Waals surface area contributed by atoms with Crippen LogP contribution in [0.25, 0.3) is 0 Å². The van der Waals surface area contributed by atoms with Gasteiger partial charge in [0.2, 0.25) is 0 Å². The van der Waals surface area contributed by atoms with E-state index in [9.17, 15) is 4.79 Å². The third-order valence-corrected chi connectivity index (χ3v) is 1.87. The summed E-state index contributed by atoms with van der Waals surface area (Å²) in [6, 6.07) is 7.58. The van der Waals surface area contributed by atoms with E-state index in [-0.39, 0.29) is 12.3 Å². The van der Waals surface area contributed by atoms with E-state index in [0.29, 0.717) is 5.56 Å². The SMILES string of the molecule is CCc1ccc(C(=O)CN)cc1. The summed E-state index contributed by atoms with van der Waals surface area (Å²) in [5, 5.41) is 0. The number of carbonyl (C=O) groups excluding carboxylic acids is 1. The van der Waals surface area contributed by atoms with Crippen LogP contribution in [0.4, 0.5) is 0 Å². The second kappa shape index (κ2) is 4.02. The highest BCUT2D eigenvalue weighted by Gasteiger charge is 2.01. The molecule has 0 fully saturated rings. The molecule has 0 heterocycles. The average molecular weight is 163 g/mol. The summed E-state index contributed by atoms with van der Waals surface area (Å²) in [6.45, 7) is 2.17. The second-order valence-corrected chi connectivity index (χ2v) is 2.68. The molecule has 0 spiro atoms. The monoisotopic (exact) mass is 163 g/mol. The molecule has 0 aliphatic carbocycles. The molecule has 0 aromatic heterocycles. The van der Waals surface area contributed by atoms with E-state index in [0.717, 1.165) is 6.42 Å². The van der Waals surface area contributed by atoms with Crippen LogP contribution in [0.2, 0.25) is 0 Å². The van der Waals surface area contributed by atoms with Crippen LogP contribution in [0.1, 0.15) is 22.8 Å². The molecule has 0 saturated heterocycles. The normalized spacial score (nSPS) is 9.83. The molecule has 64 valence electrons. The van der Waals surface area contributed by atoms with Crippen molar-refractivity contribution >= 4 is 5.78 Å². The zero-order valence-corrected chi connectivity index (χ0v) is 7.21. The predicted octanol–water partition coefficient (Wildman–Crippen LogP) is 1.39. The number of aryl methyl sites for hydroxylation is 1. The van der Waals surface area contributed by atoms with Crippen molar-refractivity contribution in [1.82, 2.24) is 0 Å². The van der Waals surface area contributed by atoms with Crippen molar-refractivity contribution in [3.8, 4) is 0 Å². The van der Waals surface area contributed by atoms with E-state index in [4.69, 9.17) is 5.73 Å². The van der Waals surface area contributed by atoms with Crippen molar-refractivity contribution in [2.24, 2.45) is 5.73 Å². The molecule has 1 aromatic carbocycles. The maximum Gasteiger partial charge on any atom is 0.176 e. The number of hydrogen-bond donors (Lipinski definition) is 1. The fourth-order valence-corrected chi connectivity index (χ4v) is 1.04. The fraction of sp³-hybridized carbons (Fsp3) is 0.300. The standard InChI is InChI=1S/C10H13NO/c1-2-8-3-5-9(6-4-8)10(12)7-11/h3-6H,2,7,11H2,1H3. The largest absolute Gasteiger partial charge is 0.324 e. The molecule has 0 bridgehead atoms. The lowest BCUT2D eigenvalue weighted by atomic mass is 10.1. The Bertz CT molecular complexity index is 264. The molecule has 2 nitrogen and oxygen atoms in total. The quantitative estimate of drug-likeness (QED) is 0.684. The summed E-state index contributed by atoms with van der Waals surface area (Å²) in [7, 11) is 0. The number of Topliss-reactive ketones (excluding diaryl/α,β-unsaturated/α-hetero) is 1. The van der Waals surface area contributed by atoms with Gasteiger partial charge in [0.1, 0.15) is 0 Å². The lowest BCUT2D eigenvalue weighted by Gasteiger charge is -1.99. The van der Waals surface area contributed by atoms with Gasteiger partial charge in [-0.05, 0) is 12.0 Å². The Morgan fingerprint density at radius 2 is 1.92 bits per heavy atom. The molecule has 0 unspecified atom stereocenters. The van der Waals surface area contributed by atoms with Gasteiger partial charge in [0.05, 0.1) is 6.54 Å².